The molecule has 0 aromatic carbocycles. The SMILES string of the molecule is O=C1CCCCc2cn(CC3CCCCC3)cc21. The zero-order valence-electron chi connectivity index (χ0n) is 11.2. The van der Waals surface area contributed by atoms with Gasteiger partial charge >= 0.3 is 0 Å². The molecule has 98 valence electrons. The number of carbonyl (C=O) groups is 1. The van der Waals surface area contributed by atoms with E-state index in [9.17, 15) is 4.79 Å². The van der Waals surface area contributed by atoms with E-state index in [1.54, 1.807) is 0 Å². The van der Waals surface area contributed by atoms with Crippen LogP contribution in [0, 0.1) is 5.92 Å². The summed E-state index contributed by atoms with van der Waals surface area (Å²) < 4.78 is 2.30. The van der Waals surface area contributed by atoms with E-state index in [-0.39, 0.29) is 0 Å². The fourth-order valence-corrected chi connectivity index (χ4v) is 3.51. The molecule has 0 aliphatic heterocycles. The summed E-state index contributed by atoms with van der Waals surface area (Å²) in [6.07, 6.45) is 15.4. The van der Waals surface area contributed by atoms with Crippen LogP contribution in [-0.2, 0) is 13.0 Å². The number of hydrogen-bond acceptors (Lipinski definition) is 1. The Morgan fingerprint density at radius 1 is 1.00 bits per heavy atom. The second-order valence-electron chi connectivity index (χ2n) is 6.03. The van der Waals surface area contributed by atoms with E-state index < -0.39 is 0 Å². The number of carbonyl (C=O) groups excluding carboxylic acids is 1. The minimum Gasteiger partial charge on any atom is -0.353 e. The Hall–Kier alpha value is -1.05. The average Bonchev–Trinajstić information content (AvgIpc) is 2.71. The van der Waals surface area contributed by atoms with Gasteiger partial charge in [-0.15, -0.1) is 0 Å². The molecule has 0 spiro atoms. The maximum Gasteiger partial charge on any atom is 0.164 e. The lowest BCUT2D eigenvalue weighted by Gasteiger charge is -2.21. The first kappa shape index (κ1) is 12.0. The van der Waals surface area contributed by atoms with Crippen molar-refractivity contribution in [2.75, 3.05) is 0 Å². The molecule has 2 heteroatoms. The van der Waals surface area contributed by atoms with Crippen LogP contribution in [0.25, 0.3) is 0 Å². The first-order valence-electron chi connectivity index (χ1n) is 7.55. The van der Waals surface area contributed by atoms with Crippen LogP contribution in [0.2, 0.25) is 0 Å². The van der Waals surface area contributed by atoms with Gasteiger partial charge in [0, 0.05) is 30.9 Å². The van der Waals surface area contributed by atoms with Gasteiger partial charge in [0.1, 0.15) is 0 Å². The van der Waals surface area contributed by atoms with Crippen molar-refractivity contribution < 1.29 is 4.79 Å². The van der Waals surface area contributed by atoms with Crippen molar-refractivity contribution in [3.8, 4) is 0 Å². The van der Waals surface area contributed by atoms with Crippen molar-refractivity contribution >= 4 is 5.78 Å². The van der Waals surface area contributed by atoms with Gasteiger partial charge < -0.3 is 4.57 Å². The Balaban J connectivity index is 1.73. The van der Waals surface area contributed by atoms with Crippen LogP contribution in [0.15, 0.2) is 12.4 Å². The molecular weight excluding hydrogens is 222 g/mol. The van der Waals surface area contributed by atoms with E-state index in [4.69, 9.17) is 0 Å². The fraction of sp³-hybridized carbons (Fsp3) is 0.688. The van der Waals surface area contributed by atoms with Crippen molar-refractivity contribution in [2.24, 2.45) is 5.92 Å². The van der Waals surface area contributed by atoms with Gasteiger partial charge in [-0.05, 0) is 43.6 Å². The number of aryl methyl sites for hydroxylation is 1. The largest absolute Gasteiger partial charge is 0.353 e. The highest BCUT2D eigenvalue weighted by Gasteiger charge is 2.19. The van der Waals surface area contributed by atoms with Gasteiger partial charge in [0.05, 0.1) is 0 Å². The first-order chi connectivity index (χ1) is 8.83. The van der Waals surface area contributed by atoms with Crippen molar-refractivity contribution in [1.29, 1.82) is 0 Å². The van der Waals surface area contributed by atoms with Gasteiger partial charge in [-0.25, -0.2) is 0 Å². The molecule has 0 atom stereocenters. The maximum absolute atomic E-state index is 12.0. The van der Waals surface area contributed by atoms with Crippen molar-refractivity contribution in [2.45, 2.75) is 64.3 Å². The van der Waals surface area contributed by atoms with E-state index >= 15 is 0 Å². The fourth-order valence-electron chi connectivity index (χ4n) is 3.51. The summed E-state index contributed by atoms with van der Waals surface area (Å²) in [5.74, 6) is 1.20. The summed E-state index contributed by atoms with van der Waals surface area (Å²) in [4.78, 5) is 12.0. The summed E-state index contributed by atoms with van der Waals surface area (Å²) in [5.41, 5.74) is 2.32. The van der Waals surface area contributed by atoms with Gasteiger partial charge in [0.25, 0.3) is 0 Å². The van der Waals surface area contributed by atoms with Crippen LogP contribution in [0.3, 0.4) is 0 Å². The zero-order valence-corrected chi connectivity index (χ0v) is 11.2. The number of nitrogens with zero attached hydrogens (tertiary/aromatic N) is 1. The summed E-state index contributed by atoms with van der Waals surface area (Å²) in [7, 11) is 0. The monoisotopic (exact) mass is 245 g/mol. The highest BCUT2D eigenvalue weighted by atomic mass is 16.1. The lowest BCUT2D eigenvalue weighted by atomic mass is 9.89. The lowest BCUT2D eigenvalue weighted by Crippen LogP contribution is -2.13. The summed E-state index contributed by atoms with van der Waals surface area (Å²) in [6, 6.07) is 0. The number of aromatic nitrogens is 1. The first-order valence-corrected chi connectivity index (χ1v) is 7.55. The molecule has 0 N–H and O–H groups in total. The molecule has 2 aliphatic rings. The maximum atomic E-state index is 12.0. The molecule has 2 nitrogen and oxygen atoms in total. The molecule has 1 heterocycles. The zero-order chi connectivity index (χ0) is 12.4. The second kappa shape index (κ2) is 5.29. The van der Waals surface area contributed by atoms with E-state index in [2.05, 4.69) is 17.0 Å². The lowest BCUT2D eigenvalue weighted by molar-refractivity contribution is 0.0982. The topological polar surface area (TPSA) is 22.0 Å². The Morgan fingerprint density at radius 2 is 1.78 bits per heavy atom. The molecule has 1 fully saturated rings. The number of fused-ring (bicyclic) bond motifs is 1. The van der Waals surface area contributed by atoms with Crippen LogP contribution in [-0.4, -0.2) is 10.4 Å². The molecule has 0 amide bonds. The van der Waals surface area contributed by atoms with E-state index in [1.807, 2.05) is 0 Å². The quantitative estimate of drug-likeness (QED) is 0.722. The van der Waals surface area contributed by atoms with E-state index in [0.29, 0.717) is 5.78 Å². The van der Waals surface area contributed by atoms with Crippen LogP contribution >= 0.6 is 0 Å². The van der Waals surface area contributed by atoms with Crippen LogP contribution in [0.5, 0.6) is 0 Å². The Morgan fingerprint density at radius 3 is 2.61 bits per heavy atom. The van der Waals surface area contributed by atoms with Gasteiger partial charge in [0.15, 0.2) is 5.78 Å². The van der Waals surface area contributed by atoms with Crippen molar-refractivity contribution in [3.63, 3.8) is 0 Å². The third-order valence-corrected chi connectivity index (χ3v) is 4.56. The Kier molecular flexibility index (Phi) is 3.53. The van der Waals surface area contributed by atoms with E-state index in [1.165, 1.54) is 44.1 Å². The Bertz CT molecular complexity index is 426. The molecule has 0 saturated heterocycles. The van der Waals surface area contributed by atoms with Crippen LogP contribution in [0.1, 0.15) is 67.3 Å². The number of Topliss-reactive ketones (excluding diaryl/α,β-unsaturated/α-hetero) is 1. The molecule has 0 radical (unpaired) electrons. The third kappa shape index (κ3) is 2.52. The van der Waals surface area contributed by atoms with Gasteiger partial charge in [0.2, 0.25) is 0 Å². The molecule has 0 bridgehead atoms. The molecule has 1 aromatic rings. The highest BCUT2D eigenvalue weighted by Crippen LogP contribution is 2.27. The minimum atomic E-state index is 0.366. The molecule has 3 rings (SSSR count). The summed E-state index contributed by atoms with van der Waals surface area (Å²) in [5, 5.41) is 0. The van der Waals surface area contributed by atoms with Crippen LogP contribution in [0.4, 0.5) is 0 Å². The predicted molar refractivity (Wildman–Crippen MR) is 72.9 cm³/mol. The molecule has 18 heavy (non-hydrogen) atoms. The van der Waals surface area contributed by atoms with E-state index in [0.717, 1.165) is 37.3 Å². The molecule has 2 aliphatic carbocycles. The standard InChI is InChI=1S/C16H23NO/c18-16-9-5-4-8-14-11-17(12-15(14)16)10-13-6-2-1-3-7-13/h11-13H,1-10H2. The molecular formula is C16H23NO. The predicted octanol–water partition coefficient (Wildman–Crippen LogP) is 3.98. The van der Waals surface area contributed by atoms with Crippen molar-refractivity contribution in [3.05, 3.63) is 23.5 Å². The summed E-state index contributed by atoms with van der Waals surface area (Å²) in [6.45, 7) is 1.13. The normalized spacial score (nSPS) is 21.7. The highest BCUT2D eigenvalue weighted by molar-refractivity contribution is 5.97. The second-order valence-corrected chi connectivity index (χ2v) is 6.03. The Labute approximate surface area is 109 Å². The minimum absolute atomic E-state index is 0.366. The van der Waals surface area contributed by atoms with Gasteiger partial charge in [-0.1, -0.05) is 19.3 Å². The molecule has 1 saturated carbocycles. The smallest absolute Gasteiger partial charge is 0.164 e. The summed E-state index contributed by atoms with van der Waals surface area (Å²) >= 11 is 0. The van der Waals surface area contributed by atoms with Gasteiger partial charge in [-0.2, -0.15) is 0 Å². The molecule has 0 unspecified atom stereocenters. The van der Waals surface area contributed by atoms with Crippen molar-refractivity contribution in [1.82, 2.24) is 4.57 Å². The molecule has 1 aromatic heterocycles. The third-order valence-electron chi connectivity index (χ3n) is 4.56. The number of hydrogen-bond donors (Lipinski definition) is 0. The van der Waals surface area contributed by atoms with Crippen LogP contribution < -0.4 is 0 Å². The number of rotatable bonds is 2. The number of ketones is 1. The average molecular weight is 245 g/mol. The van der Waals surface area contributed by atoms with Gasteiger partial charge in [-0.3, -0.25) is 4.79 Å².